The molecule has 6 heteroatoms. The molecule has 20 heavy (non-hydrogen) atoms. The topological polar surface area (TPSA) is 68.2 Å². The third-order valence-electron chi connectivity index (χ3n) is 3.46. The number of rotatable bonds is 3. The summed E-state index contributed by atoms with van der Waals surface area (Å²) in [6, 6.07) is 6.24. The number of nitrogens with two attached hydrogens (primary N) is 1. The van der Waals surface area contributed by atoms with Crippen LogP contribution in [0.4, 0.5) is 4.39 Å². The van der Waals surface area contributed by atoms with Gasteiger partial charge in [0.25, 0.3) is 0 Å². The van der Waals surface area contributed by atoms with Gasteiger partial charge in [-0.15, -0.1) is 10.2 Å². The van der Waals surface area contributed by atoms with Crippen molar-refractivity contribution < 1.29 is 8.81 Å². The lowest BCUT2D eigenvalue weighted by Gasteiger charge is -2.29. The van der Waals surface area contributed by atoms with Crippen molar-refractivity contribution in [1.29, 1.82) is 0 Å². The van der Waals surface area contributed by atoms with Crippen molar-refractivity contribution in [3.63, 3.8) is 0 Å². The summed E-state index contributed by atoms with van der Waals surface area (Å²) in [7, 11) is 0. The number of aromatic nitrogens is 2. The van der Waals surface area contributed by atoms with Crippen molar-refractivity contribution in [2.45, 2.75) is 25.4 Å². The lowest BCUT2D eigenvalue weighted by atomic mass is 10.1. The summed E-state index contributed by atoms with van der Waals surface area (Å²) >= 11 is 0. The molecule has 106 valence electrons. The van der Waals surface area contributed by atoms with E-state index in [1.165, 1.54) is 12.1 Å². The van der Waals surface area contributed by atoms with Crippen molar-refractivity contribution in [2.75, 3.05) is 13.1 Å². The Balaban J connectivity index is 1.69. The molecule has 1 saturated heterocycles. The summed E-state index contributed by atoms with van der Waals surface area (Å²) in [5, 5.41) is 8.04. The Bertz CT molecular complexity index is 569. The molecule has 1 fully saturated rings. The van der Waals surface area contributed by atoms with E-state index in [4.69, 9.17) is 10.2 Å². The lowest BCUT2D eigenvalue weighted by Crippen LogP contribution is -2.42. The Hall–Kier alpha value is -1.79. The third-order valence-corrected chi connectivity index (χ3v) is 3.46. The fourth-order valence-corrected chi connectivity index (χ4v) is 2.45. The Morgan fingerprint density at radius 3 is 2.85 bits per heavy atom. The average molecular weight is 276 g/mol. The lowest BCUT2D eigenvalue weighted by molar-refractivity contribution is 0.185. The first kappa shape index (κ1) is 13.2. The van der Waals surface area contributed by atoms with Crippen LogP contribution in [-0.4, -0.2) is 34.2 Å². The molecule has 0 amide bonds. The Labute approximate surface area is 116 Å². The molecule has 0 bridgehead atoms. The van der Waals surface area contributed by atoms with Gasteiger partial charge in [0, 0.05) is 18.2 Å². The van der Waals surface area contributed by atoms with Gasteiger partial charge in [0.15, 0.2) is 0 Å². The molecule has 0 spiro atoms. The molecule has 1 aliphatic heterocycles. The van der Waals surface area contributed by atoms with Gasteiger partial charge in [0.1, 0.15) is 5.82 Å². The number of halogens is 1. The first-order valence-electron chi connectivity index (χ1n) is 6.77. The monoisotopic (exact) mass is 276 g/mol. The highest BCUT2D eigenvalue weighted by Crippen LogP contribution is 2.19. The van der Waals surface area contributed by atoms with Crippen molar-refractivity contribution in [3.8, 4) is 11.5 Å². The van der Waals surface area contributed by atoms with E-state index in [1.807, 2.05) is 0 Å². The van der Waals surface area contributed by atoms with Gasteiger partial charge < -0.3 is 10.2 Å². The molecule has 0 aliphatic carbocycles. The highest BCUT2D eigenvalue weighted by Gasteiger charge is 2.19. The average Bonchev–Trinajstić information content (AvgIpc) is 2.88. The molecule has 0 saturated carbocycles. The van der Waals surface area contributed by atoms with E-state index in [1.54, 1.807) is 12.1 Å². The number of hydrogen-bond donors (Lipinski definition) is 1. The van der Waals surface area contributed by atoms with E-state index in [0.717, 1.165) is 31.5 Å². The van der Waals surface area contributed by atoms with Crippen LogP contribution >= 0.6 is 0 Å². The predicted molar refractivity (Wildman–Crippen MR) is 72.2 cm³/mol. The fraction of sp³-hybridized carbons (Fsp3) is 0.429. The molecule has 2 heterocycles. The van der Waals surface area contributed by atoms with Crippen LogP contribution in [0.3, 0.4) is 0 Å². The zero-order valence-electron chi connectivity index (χ0n) is 11.1. The Morgan fingerprint density at radius 2 is 2.10 bits per heavy atom. The van der Waals surface area contributed by atoms with Crippen LogP contribution in [0.15, 0.2) is 28.7 Å². The van der Waals surface area contributed by atoms with Gasteiger partial charge in [-0.25, -0.2) is 4.39 Å². The van der Waals surface area contributed by atoms with Crippen molar-refractivity contribution in [1.82, 2.24) is 15.1 Å². The molecule has 1 aromatic heterocycles. The molecule has 1 aromatic carbocycles. The summed E-state index contributed by atoms with van der Waals surface area (Å²) in [6.45, 7) is 2.47. The smallest absolute Gasteiger partial charge is 0.247 e. The SMILES string of the molecule is NC1CCCN(Cc2nnc(-c3ccc(F)cc3)o2)C1. The molecule has 1 atom stereocenters. The van der Waals surface area contributed by atoms with Gasteiger partial charge in [0.05, 0.1) is 6.54 Å². The van der Waals surface area contributed by atoms with Crippen molar-refractivity contribution >= 4 is 0 Å². The summed E-state index contributed by atoms with van der Waals surface area (Å²) in [4.78, 5) is 2.22. The normalized spacial score (nSPS) is 20.2. The van der Waals surface area contributed by atoms with Crippen LogP contribution in [0.2, 0.25) is 0 Å². The standard InChI is InChI=1S/C14H17FN4O/c15-11-5-3-10(4-6-11)14-18-17-13(20-14)9-19-7-1-2-12(16)8-19/h3-6,12H,1-2,7-9,16H2. The van der Waals surface area contributed by atoms with Gasteiger partial charge in [-0.1, -0.05) is 0 Å². The summed E-state index contributed by atoms with van der Waals surface area (Å²) < 4.78 is 18.5. The first-order chi connectivity index (χ1) is 9.70. The van der Waals surface area contributed by atoms with Gasteiger partial charge in [-0.3, -0.25) is 4.90 Å². The maximum absolute atomic E-state index is 12.9. The van der Waals surface area contributed by atoms with Gasteiger partial charge in [0.2, 0.25) is 11.8 Å². The molecule has 2 aromatic rings. The number of likely N-dealkylation sites (tertiary alicyclic amines) is 1. The second kappa shape index (κ2) is 5.68. The highest BCUT2D eigenvalue weighted by molar-refractivity contribution is 5.51. The minimum absolute atomic E-state index is 0.225. The number of piperidine rings is 1. The Kier molecular flexibility index (Phi) is 3.75. The highest BCUT2D eigenvalue weighted by atomic mass is 19.1. The van der Waals surface area contributed by atoms with Crippen LogP contribution < -0.4 is 5.73 Å². The molecular formula is C14H17FN4O. The van der Waals surface area contributed by atoms with Crippen molar-refractivity contribution in [3.05, 3.63) is 36.0 Å². The van der Waals surface area contributed by atoms with Gasteiger partial charge in [-0.2, -0.15) is 0 Å². The van der Waals surface area contributed by atoms with Crippen LogP contribution in [0, 0.1) is 5.82 Å². The number of benzene rings is 1. The third kappa shape index (κ3) is 3.02. The Morgan fingerprint density at radius 1 is 1.30 bits per heavy atom. The summed E-state index contributed by atoms with van der Waals surface area (Å²) in [6.07, 6.45) is 2.17. The van der Waals surface area contributed by atoms with E-state index in [-0.39, 0.29) is 11.9 Å². The van der Waals surface area contributed by atoms with E-state index in [2.05, 4.69) is 15.1 Å². The molecule has 2 N–H and O–H groups in total. The van der Waals surface area contributed by atoms with E-state index in [0.29, 0.717) is 18.3 Å². The van der Waals surface area contributed by atoms with Crippen LogP contribution in [-0.2, 0) is 6.54 Å². The van der Waals surface area contributed by atoms with Crippen LogP contribution in [0.1, 0.15) is 18.7 Å². The van der Waals surface area contributed by atoms with E-state index >= 15 is 0 Å². The number of nitrogens with zero attached hydrogens (tertiary/aromatic N) is 3. The van der Waals surface area contributed by atoms with Gasteiger partial charge in [-0.05, 0) is 43.7 Å². The molecule has 1 aliphatic rings. The predicted octanol–water partition coefficient (Wildman–Crippen LogP) is 1.80. The van der Waals surface area contributed by atoms with Crippen molar-refractivity contribution in [2.24, 2.45) is 5.73 Å². The molecular weight excluding hydrogens is 259 g/mol. The molecule has 0 radical (unpaired) electrons. The fourth-order valence-electron chi connectivity index (χ4n) is 2.45. The molecule has 5 nitrogen and oxygen atoms in total. The first-order valence-corrected chi connectivity index (χ1v) is 6.77. The van der Waals surface area contributed by atoms with Crippen LogP contribution in [0.5, 0.6) is 0 Å². The summed E-state index contributed by atoms with van der Waals surface area (Å²) in [5.41, 5.74) is 6.67. The van der Waals surface area contributed by atoms with E-state index in [9.17, 15) is 4.39 Å². The van der Waals surface area contributed by atoms with Gasteiger partial charge >= 0.3 is 0 Å². The molecule has 3 rings (SSSR count). The number of hydrogen-bond acceptors (Lipinski definition) is 5. The zero-order chi connectivity index (χ0) is 13.9. The minimum atomic E-state index is -0.282. The summed E-state index contributed by atoms with van der Waals surface area (Å²) in [5.74, 6) is 0.704. The second-order valence-corrected chi connectivity index (χ2v) is 5.15. The molecule has 1 unspecified atom stereocenters. The van der Waals surface area contributed by atoms with E-state index < -0.39 is 0 Å². The maximum Gasteiger partial charge on any atom is 0.247 e. The second-order valence-electron chi connectivity index (χ2n) is 5.15. The largest absolute Gasteiger partial charge is 0.419 e. The van der Waals surface area contributed by atoms with Crippen LogP contribution in [0.25, 0.3) is 11.5 Å². The maximum atomic E-state index is 12.9. The quantitative estimate of drug-likeness (QED) is 0.925. The minimum Gasteiger partial charge on any atom is -0.419 e. The zero-order valence-corrected chi connectivity index (χ0v) is 11.1.